The van der Waals surface area contributed by atoms with Gasteiger partial charge in [-0.2, -0.15) is 0 Å². The van der Waals surface area contributed by atoms with Gasteiger partial charge in [0, 0.05) is 35.5 Å². The lowest BCUT2D eigenvalue weighted by atomic mass is 9.33. The molecule has 7 aliphatic rings. The third-order valence-electron chi connectivity index (χ3n) is 12.4. The van der Waals surface area contributed by atoms with Crippen LogP contribution in [0.2, 0.25) is 0 Å². The van der Waals surface area contributed by atoms with E-state index in [1.165, 1.54) is 0 Å². The van der Waals surface area contributed by atoms with Crippen LogP contribution in [0.4, 0.5) is 0 Å². The molecule has 0 amide bonds. The Hall–Kier alpha value is -1.99. The van der Waals surface area contributed by atoms with Gasteiger partial charge >= 0.3 is 5.97 Å². The number of rotatable bonds is 5. The molecule has 5 fully saturated rings. The molecule has 3 aliphatic heterocycles. The molecule has 11 heteroatoms. The maximum absolute atomic E-state index is 12.2. The van der Waals surface area contributed by atoms with Gasteiger partial charge in [0.2, 0.25) is 6.29 Å². The normalized spacial score (nSPS) is 46.4. The molecule has 4 bridgehead atoms. The first kappa shape index (κ1) is 28.8. The summed E-state index contributed by atoms with van der Waals surface area (Å²) in [5.41, 5.74) is -0.637. The lowest BCUT2D eigenvalue weighted by Gasteiger charge is -2.74. The van der Waals surface area contributed by atoms with E-state index in [4.69, 9.17) is 18.9 Å². The highest BCUT2D eigenvalue weighted by Crippen LogP contribution is 2.77. The van der Waals surface area contributed by atoms with Crippen molar-refractivity contribution < 1.29 is 49.3 Å². The average Bonchev–Trinajstić information content (AvgIpc) is 3.30. The molecule has 232 valence electrons. The molecule has 2 spiro atoms. The van der Waals surface area contributed by atoms with Crippen LogP contribution in [0.1, 0.15) is 64.5 Å². The number of fused-ring (bicyclic) bond motifs is 2. The average molecular weight is 590 g/mol. The second-order valence-corrected chi connectivity index (χ2v) is 14.7. The van der Waals surface area contributed by atoms with Gasteiger partial charge in [0.15, 0.2) is 17.6 Å². The lowest BCUT2D eigenvalue weighted by Crippen LogP contribution is -2.83. The highest BCUT2D eigenvalue weighted by Gasteiger charge is 2.81. The van der Waals surface area contributed by atoms with Crippen LogP contribution in [0.3, 0.4) is 0 Å². The van der Waals surface area contributed by atoms with Crippen LogP contribution in [0.15, 0.2) is 12.1 Å². The third-order valence-corrected chi connectivity index (χ3v) is 12.4. The molecule has 4 aliphatic carbocycles. The van der Waals surface area contributed by atoms with Gasteiger partial charge in [0.1, 0.15) is 30.0 Å². The van der Waals surface area contributed by atoms with Crippen LogP contribution in [0.5, 0.6) is 11.5 Å². The molecule has 0 aromatic heterocycles. The lowest BCUT2D eigenvalue weighted by molar-refractivity contribution is -0.303. The van der Waals surface area contributed by atoms with Crippen molar-refractivity contribution in [1.82, 2.24) is 5.32 Å². The van der Waals surface area contributed by atoms with Crippen molar-refractivity contribution in [3.63, 3.8) is 0 Å². The van der Waals surface area contributed by atoms with Crippen molar-refractivity contribution in [2.24, 2.45) is 16.7 Å². The molecule has 0 unspecified atom stereocenters. The first-order valence-corrected chi connectivity index (χ1v) is 15.1. The highest BCUT2D eigenvalue weighted by molar-refractivity contribution is 5.73. The molecule has 3 saturated carbocycles. The van der Waals surface area contributed by atoms with Gasteiger partial charge in [-0.15, -0.1) is 0 Å². The summed E-state index contributed by atoms with van der Waals surface area (Å²) in [6, 6.07) is 3.94. The van der Waals surface area contributed by atoms with Gasteiger partial charge in [-0.25, -0.2) is 4.79 Å². The summed E-state index contributed by atoms with van der Waals surface area (Å²) in [6.07, 6.45) is -4.97. The summed E-state index contributed by atoms with van der Waals surface area (Å²) >= 11 is 0. The standard InChI is InChI=1S/C31H43NO10/c1-27(2,3)28(4,38)16-13-29-8-9-31(16,39-5)26-30(29)10-11-32-17(29)12-14-6-7-15(22(42-26)18(14)30)40-25-21(35)19(33)20(34)23(41-25)24(36)37/h6-7,16-17,19-21,23,25-26,32-35,38H,8-13H2,1-5H3,(H,36,37)/t16-,17-,19+,20+,21-,23+,25-,26-,28+,29-,30+,31-/m1/s1. The zero-order valence-electron chi connectivity index (χ0n) is 24.8. The maximum Gasteiger partial charge on any atom is 0.335 e. The fraction of sp³-hybridized carbons (Fsp3) is 0.774. The summed E-state index contributed by atoms with van der Waals surface area (Å²) in [6.45, 7) is 8.92. The molecule has 42 heavy (non-hydrogen) atoms. The predicted octanol–water partition coefficient (Wildman–Crippen LogP) is 0.857. The Morgan fingerprint density at radius 3 is 2.48 bits per heavy atom. The van der Waals surface area contributed by atoms with Crippen molar-refractivity contribution in [2.75, 3.05) is 13.7 Å². The van der Waals surface area contributed by atoms with E-state index in [0.29, 0.717) is 5.75 Å². The largest absolute Gasteiger partial charge is 0.482 e. The number of nitrogens with one attached hydrogen (secondary N) is 1. The number of carboxylic acids is 1. The van der Waals surface area contributed by atoms with Crippen LogP contribution in [-0.2, 0) is 26.1 Å². The monoisotopic (exact) mass is 589 g/mol. The Morgan fingerprint density at radius 2 is 1.81 bits per heavy atom. The number of carboxylic acid groups (broad SMARTS) is 1. The Balaban J connectivity index is 1.36. The molecule has 6 N–H and O–H groups in total. The second kappa shape index (κ2) is 8.80. The Morgan fingerprint density at radius 1 is 1.07 bits per heavy atom. The summed E-state index contributed by atoms with van der Waals surface area (Å²) in [5.74, 6) is -0.895. The van der Waals surface area contributed by atoms with Crippen molar-refractivity contribution in [2.45, 2.75) is 119 Å². The number of hydrogen-bond donors (Lipinski definition) is 6. The van der Waals surface area contributed by atoms with Gasteiger partial charge in [-0.1, -0.05) is 26.8 Å². The maximum atomic E-state index is 12.2. The predicted molar refractivity (Wildman–Crippen MR) is 147 cm³/mol. The Kier molecular flexibility index (Phi) is 6.03. The first-order chi connectivity index (χ1) is 19.7. The van der Waals surface area contributed by atoms with Crippen molar-refractivity contribution in [3.05, 3.63) is 23.3 Å². The number of ether oxygens (including phenoxy) is 4. The smallest absolute Gasteiger partial charge is 0.335 e. The molecule has 1 aromatic carbocycles. The van der Waals surface area contributed by atoms with Crippen LogP contribution >= 0.6 is 0 Å². The van der Waals surface area contributed by atoms with E-state index >= 15 is 0 Å². The summed E-state index contributed by atoms with van der Waals surface area (Å²) in [5, 5.41) is 56.8. The number of piperidine rings is 1. The summed E-state index contributed by atoms with van der Waals surface area (Å²) in [4.78, 5) is 11.7. The van der Waals surface area contributed by atoms with E-state index in [1.54, 1.807) is 13.2 Å². The first-order valence-electron chi connectivity index (χ1n) is 15.1. The molecule has 1 aromatic rings. The molecular formula is C31H43NO10. The zero-order chi connectivity index (χ0) is 30.2. The minimum absolute atomic E-state index is 0.192. The molecule has 3 heterocycles. The zero-order valence-corrected chi connectivity index (χ0v) is 24.8. The minimum Gasteiger partial charge on any atom is -0.482 e. The van der Waals surface area contributed by atoms with Crippen molar-refractivity contribution in [1.29, 1.82) is 0 Å². The van der Waals surface area contributed by atoms with Crippen molar-refractivity contribution in [3.8, 4) is 11.5 Å². The van der Waals surface area contributed by atoms with Crippen LogP contribution in [0.25, 0.3) is 0 Å². The summed E-state index contributed by atoms with van der Waals surface area (Å²) < 4.78 is 25.1. The number of carbonyl (C=O) groups is 1. The quantitative estimate of drug-likeness (QED) is 0.288. The third kappa shape index (κ3) is 3.23. The SMILES string of the molecule is CO[C@]12CC[C@@]3(C[C@@H]1[C@](C)(O)C(C)(C)C)[C@H]1Cc4ccc(O[C@@H]5O[C@H](C(=O)O)[C@@H](O)[C@H](O)[C@H]5O)c5c4[C@@]3(CCN1)[C@H]2O5. The van der Waals surface area contributed by atoms with Crippen LogP contribution < -0.4 is 14.8 Å². The number of methoxy groups -OCH3 is 1. The van der Waals surface area contributed by atoms with E-state index in [1.807, 2.05) is 13.0 Å². The van der Waals surface area contributed by atoms with Gasteiger partial charge in [-0.3, -0.25) is 0 Å². The van der Waals surface area contributed by atoms with E-state index in [2.05, 4.69) is 26.1 Å². The molecule has 8 rings (SSSR count). The topological polar surface area (TPSA) is 167 Å². The number of aliphatic hydroxyl groups is 4. The number of aliphatic carboxylic acids is 1. The Labute approximate surface area is 245 Å². The van der Waals surface area contributed by atoms with E-state index in [0.717, 1.165) is 49.8 Å². The van der Waals surface area contributed by atoms with Crippen LogP contribution in [0, 0.1) is 16.7 Å². The number of aliphatic hydroxyl groups excluding tert-OH is 3. The molecule has 0 radical (unpaired) electrons. The molecular weight excluding hydrogens is 546 g/mol. The van der Waals surface area contributed by atoms with E-state index < -0.39 is 64.8 Å². The minimum atomic E-state index is -1.81. The van der Waals surface area contributed by atoms with Gasteiger partial charge in [0.05, 0.1) is 5.60 Å². The fourth-order valence-corrected chi connectivity index (χ4v) is 9.88. The number of hydrogen-bond acceptors (Lipinski definition) is 10. The van der Waals surface area contributed by atoms with Crippen LogP contribution in [-0.4, -0.2) is 99.2 Å². The fourth-order valence-electron chi connectivity index (χ4n) is 9.88. The highest BCUT2D eigenvalue weighted by atomic mass is 16.7. The van der Waals surface area contributed by atoms with Gasteiger partial charge < -0.3 is 49.8 Å². The van der Waals surface area contributed by atoms with E-state index in [9.17, 15) is 30.3 Å². The van der Waals surface area contributed by atoms with E-state index in [-0.39, 0.29) is 23.1 Å². The second-order valence-electron chi connectivity index (χ2n) is 14.7. The molecule has 2 saturated heterocycles. The molecule has 12 atom stereocenters. The molecule has 11 nitrogen and oxygen atoms in total. The van der Waals surface area contributed by atoms with Gasteiger partial charge in [-0.05, 0) is 62.6 Å². The van der Waals surface area contributed by atoms with Gasteiger partial charge in [0.25, 0.3) is 0 Å². The Bertz CT molecular complexity index is 1310. The number of benzene rings is 1. The van der Waals surface area contributed by atoms with Crippen molar-refractivity contribution >= 4 is 5.97 Å². The summed E-state index contributed by atoms with van der Waals surface area (Å²) in [7, 11) is 1.72.